The van der Waals surface area contributed by atoms with Crippen molar-refractivity contribution >= 4 is 17.8 Å². The van der Waals surface area contributed by atoms with Crippen LogP contribution in [0.4, 0.5) is 0 Å². The summed E-state index contributed by atoms with van der Waals surface area (Å²) in [6.45, 7) is 7.12. The maximum absolute atomic E-state index is 12.3. The van der Waals surface area contributed by atoms with E-state index < -0.39 is 23.9 Å². The zero-order valence-electron chi connectivity index (χ0n) is 13.3. The van der Waals surface area contributed by atoms with E-state index in [1.54, 1.807) is 0 Å². The molecule has 2 unspecified atom stereocenters. The van der Waals surface area contributed by atoms with Crippen molar-refractivity contribution in [2.75, 3.05) is 6.54 Å². The van der Waals surface area contributed by atoms with Gasteiger partial charge in [0, 0.05) is 13.0 Å². The Bertz CT molecular complexity index is 367. The van der Waals surface area contributed by atoms with Gasteiger partial charge in [-0.05, 0) is 18.8 Å². The maximum Gasteiger partial charge on any atom is 0.326 e. The number of carbonyl (C=O) groups excluding carboxylic acids is 1. The van der Waals surface area contributed by atoms with Crippen molar-refractivity contribution < 1.29 is 24.6 Å². The third kappa shape index (κ3) is 7.11. The fraction of sp³-hybridized carbons (Fsp3) is 0.800. The van der Waals surface area contributed by atoms with Gasteiger partial charge in [-0.3, -0.25) is 9.59 Å². The molecule has 0 fully saturated rings. The van der Waals surface area contributed by atoms with Gasteiger partial charge in [0.15, 0.2) is 0 Å². The Hall–Kier alpha value is -1.59. The van der Waals surface area contributed by atoms with Crippen molar-refractivity contribution in [1.82, 2.24) is 4.90 Å². The molecule has 0 rings (SSSR count). The Morgan fingerprint density at radius 1 is 1.05 bits per heavy atom. The summed E-state index contributed by atoms with van der Waals surface area (Å²) in [6, 6.07) is -0.962. The second-order valence-electron chi connectivity index (χ2n) is 5.87. The van der Waals surface area contributed by atoms with Gasteiger partial charge in [-0.1, -0.05) is 34.1 Å². The van der Waals surface area contributed by atoms with Gasteiger partial charge in [0.2, 0.25) is 5.91 Å². The van der Waals surface area contributed by atoms with Crippen molar-refractivity contribution in [2.24, 2.45) is 11.8 Å². The molecule has 1 amide bonds. The Balaban J connectivity index is 5.18. The van der Waals surface area contributed by atoms with Crippen LogP contribution in [0, 0.1) is 11.8 Å². The molecular weight excluding hydrogens is 274 g/mol. The lowest BCUT2D eigenvalue weighted by molar-refractivity contribution is -0.154. The van der Waals surface area contributed by atoms with Gasteiger partial charge in [-0.25, -0.2) is 4.79 Å². The summed E-state index contributed by atoms with van der Waals surface area (Å²) >= 11 is 0. The zero-order chi connectivity index (χ0) is 16.6. The molecule has 0 heterocycles. The lowest BCUT2D eigenvalue weighted by Crippen LogP contribution is -2.48. The first-order valence-electron chi connectivity index (χ1n) is 7.45. The van der Waals surface area contributed by atoms with Crippen molar-refractivity contribution in [3.05, 3.63) is 0 Å². The van der Waals surface area contributed by atoms with Gasteiger partial charge in [-0.15, -0.1) is 0 Å². The second kappa shape index (κ2) is 9.37. The van der Waals surface area contributed by atoms with Crippen molar-refractivity contribution in [3.8, 4) is 0 Å². The van der Waals surface area contributed by atoms with Crippen LogP contribution in [0.5, 0.6) is 0 Å². The fourth-order valence-electron chi connectivity index (χ4n) is 2.06. The third-order valence-electron chi connectivity index (χ3n) is 3.31. The lowest BCUT2D eigenvalue weighted by Gasteiger charge is -2.31. The first kappa shape index (κ1) is 19.4. The van der Waals surface area contributed by atoms with Gasteiger partial charge in [0.25, 0.3) is 0 Å². The molecule has 6 nitrogen and oxygen atoms in total. The second-order valence-corrected chi connectivity index (χ2v) is 5.87. The van der Waals surface area contributed by atoms with Gasteiger partial charge in [-0.2, -0.15) is 0 Å². The summed E-state index contributed by atoms with van der Waals surface area (Å²) in [7, 11) is 0. The molecule has 0 aliphatic heterocycles. The smallest absolute Gasteiger partial charge is 0.326 e. The predicted molar refractivity (Wildman–Crippen MR) is 78.9 cm³/mol. The Morgan fingerprint density at radius 3 is 2.00 bits per heavy atom. The molecule has 0 spiro atoms. The molecule has 0 aromatic rings. The van der Waals surface area contributed by atoms with E-state index in [1.807, 2.05) is 20.8 Å². The number of nitrogens with zero attached hydrogens (tertiary/aromatic N) is 1. The highest BCUT2D eigenvalue weighted by Crippen LogP contribution is 2.16. The van der Waals surface area contributed by atoms with Crippen LogP contribution in [-0.4, -0.2) is 45.5 Å². The molecule has 0 radical (unpaired) electrons. The van der Waals surface area contributed by atoms with E-state index in [0.717, 1.165) is 6.42 Å². The van der Waals surface area contributed by atoms with Crippen LogP contribution in [0.3, 0.4) is 0 Å². The van der Waals surface area contributed by atoms with Crippen molar-refractivity contribution in [1.29, 1.82) is 0 Å². The summed E-state index contributed by atoms with van der Waals surface area (Å²) in [5.41, 5.74) is 0. The minimum absolute atomic E-state index is 0.0679. The maximum atomic E-state index is 12.3. The standard InChI is InChI=1S/C15H27NO5/c1-5-6-7-13(17)16(9-11(4)14(18)19)12(15(20)21)8-10(2)3/h10-12H,5-9H2,1-4H3,(H,18,19)(H,20,21). The zero-order valence-corrected chi connectivity index (χ0v) is 13.3. The van der Waals surface area contributed by atoms with Crippen LogP contribution in [0.2, 0.25) is 0 Å². The largest absolute Gasteiger partial charge is 0.481 e. The number of amides is 1. The topological polar surface area (TPSA) is 94.9 Å². The molecule has 0 aliphatic carbocycles. The number of unbranched alkanes of at least 4 members (excludes halogenated alkanes) is 1. The fourth-order valence-corrected chi connectivity index (χ4v) is 2.06. The minimum Gasteiger partial charge on any atom is -0.481 e. The molecule has 0 saturated carbocycles. The average Bonchev–Trinajstić information content (AvgIpc) is 2.38. The number of carboxylic acids is 2. The molecule has 122 valence electrons. The van der Waals surface area contributed by atoms with Crippen molar-refractivity contribution in [3.63, 3.8) is 0 Å². The minimum atomic E-state index is -1.08. The Kier molecular flexibility index (Phi) is 8.66. The molecule has 0 bridgehead atoms. The summed E-state index contributed by atoms with van der Waals surface area (Å²) in [5.74, 6) is -3.07. The van der Waals surface area contributed by atoms with E-state index >= 15 is 0 Å². The van der Waals surface area contributed by atoms with Crippen LogP contribution in [-0.2, 0) is 14.4 Å². The molecule has 2 N–H and O–H groups in total. The summed E-state index contributed by atoms with van der Waals surface area (Å²) in [6.07, 6.45) is 2.07. The number of carboxylic acid groups (broad SMARTS) is 2. The number of carbonyl (C=O) groups is 3. The number of hydrogen-bond donors (Lipinski definition) is 2. The highest BCUT2D eigenvalue weighted by molar-refractivity contribution is 5.84. The van der Waals surface area contributed by atoms with Crippen molar-refractivity contribution in [2.45, 2.75) is 59.4 Å². The van der Waals surface area contributed by atoms with E-state index in [-0.39, 0.29) is 24.8 Å². The van der Waals surface area contributed by atoms with E-state index in [1.165, 1.54) is 11.8 Å². The highest BCUT2D eigenvalue weighted by atomic mass is 16.4. The molecule has 0 aliphatic rings. The summed E-state index contributed by atoms with van der Waals surface area (Å²) in [4.78, 5) is 36.0. The van der Waals surface area contributed by atoms with Crippen LogP contribution >= 0.6 is 0 Å². The van der Waals surface area contributed by atoms with Gasteiger partial charge in [0.1, 0.15) is 6.04 Å². The lowest BCUT2D eigenvalue weighted by atomic mass is 10.00. The Labute approximate surface area is 126 Å². The highest BCUT2D eigenvalue weighted by Gasteiger charge is 2.32. The Morgan fingerprint density at radius 2 is 1.62 bits per heavy atom. The molecule has 2 atom stereocenters. The summed E-state index contributed by atoms with van der Waals surface area (Å²) in [5, 5.41) is 18.4. The van der Waals surface area contributed by atoms with Crippen LogP contribution in [0.25, 0.3) is 0 Å². The molecule has 6 heteroatoms. The van der Waals surface area contributed by atoms with Gasteiger partial charge < -0.3 is 15.1 Å². The van der Waals surface area contributed by atoms with E-state index in [9.17, 15) is 19.5 Å². The number of rotatable bonds is 10. The monoisotopic (exact) mass is 301 g/mol. The summed E-state index contributed by atoms with van der Waals surface area (Å²) < 4.78 is 0. The number of aliphatic carboxylic acids is 2. The SMILES string of the molecule is CCCCC(=O)N(CC(C)C(=O)O)C(CC(C)C)C(=O)O. The average molecular weight is 301 g/mol. The molecule has 0 aromatic carbocycles. The van der Waals surface area contributed by atoms with Crippen LogP contribution < -0.4 is 0 Å². The molecule has 21 heavy (non-hydrogen) atoms. The van der Waals surface area contributed by atoms with Gasteiger partial charge >= 0.3 is 11.9 Å². The number of hydrogen-bond acceptors (Lipinski definition) is 3. The first-order chi connectivity index (χ1) is 9.70. The van der Waals surface area contributed by atoms with Crippen LogP contribution in [0.1, 0.15) is 53.4 Å². The normalized spacial score (nSPS) is 13.8. The molecule has 0 aromatic heterocycles. The third-order valence-corrected chi connectivity index (χ3v) is 3.31. The van der Waals surface area contributed by atoms with E-state index in [2.05, 4.69) is 0 Å². The van der Waals surface area contributed by atoms with E-state index in [4.69, 9.17) is 5.11 Å². The first-order valence-corrected chi connectivity index (χ1v) is 7.45. The van der Waals surface area contributed by atoms with E-state index in [0.29, 0.717) is 12.8 Å². The molecular formula is C15H27NO5. The predicted octanol–water partition coefficient (Wildman–Crippen LogP) is 2.23. The molecule has 0 saturated heterocycles. The quantitative estimate of drug-likeness (QED) is 0.645. The van der Waals surface area contributed by atoms with Crippen LogP contribution in [0.15, 0.2) is 0 Å². The van der Waals surface area contributed by atoms with Gasteiger partial charge in [0.05, 0.1) is 5.92 Å².